The summed E-state index contributed by atoms with van der Waals surface area (Å²) >= 11 is 0. The van der Waals surface area contributed by atoms with Crippen LogP contribution in [0.4, 0.5) is 10.5 Å². The van der Waals surface area contributed by atoms with Gasteiger partial charge in [0.1, 0.15) is 6.04 Å². The lowest BCUT2D eigenvalue weighted by Crippen LogP contribution is -2.55. The highest BCUT2D eigenvalue weighted by atomic mass is 16.2. The number of anilines is 1. The van der Waals surface area contributed by atoms with E-state index in [1.54, 1.807) is 24.2 Å². The number of hydrogen-bond acceptors (Lipinski definition) is 4. The minimum absolute atomic E-state index is 0.200. The van der Waals surface area contributed by atoms with Crippen LogP contribution in [0.15, 0.2) is 54.9 Å². The summed E-state index contributed by atoms with van der Waals surface area (Å²) in [5.41, 5.74) is 2.13. The van der Waals surface area contributed by atoms with E-state index in [9.17, 15) is 9.59 Å². The molecule has 1 aromatic carbocycles. The van der Waals surface area contributed by atoms with Crippen molar-refractivity contribution in [2.75, 3.05) is 31.1 Å². The lowest BCUT2D eigenvalue weighted by Gasteiger charge is -2.36. The number of nitrogens with one attached hydrogen (secondary N) is 2. The molecule has 27 heavy (non-hydrogen) atoms. The molecule has 3 rings (SSSR count). The molecule has 3 amide bonds. The van der Waals surface area contributed by atoms with Crippen molar-refractivity contribution in [3.05, 3.63) is 60.4 Å². The molecule has 7 nitrogen and oxygen atoms in total. The number of nitrogens with zero attached hydrogens (tertiary/aromatic N) is 3. The number of carbonyl (C=O) groups is 2. The average Bonchev–Trinajstić information content (AvgIpc) is 2.73. The number of aromatic nitrogens is 1. The van der Waals surface area contributed by atoms with E-state index in [-0.39, 0.29) is 11.9 Å². The largest absolute Gasteiger partial charge is 0.368 e. The first-order valence-corrected chi connectivity index (χ1v) is 9.15. The fourth-order valence-corrected chi connectivity index (χ4v) is 2.99. The van der Waals surface area contributed by atoms with E-state index in [0.29, 0.717) is 19.6 Å². The third-order valence-corrected chi connectivity index (χ3v) is 4.64. The molecule has 0 bridgehead atoms. The van der Waals surface area contributed by atoms with Crippen molar-refractivity contribution in [3.8, 4) is 0 Å². The number of pyridine rings is 1. The van der Waals surface area contributed by atoms with Crippen molar-refractivity contribution in [1.82, 2.24) is 20.5 Å². The van der Waals surface area contributed by atoms with Gasteiger partial charge in [-0.15, -0.1) is 0 Å². The maximum absolute atomic E-state index is 12.4. The Balaban J connectivity index is 1.42. The van der Waals surface area contributed by atoms with Gasteiger partial charge in [-0.05, 0) is 36.8 Å². The zero-order chi connectivity index (χ0) is 19.1. The number of para-hydroxylation sites is 1. The van der Waals surface area contributed by atoms with Crippen molar-refractivity contribution in [2.45, 2.75) is 19.5 Å². The average molecular weight is 367 g/mol. The molecule has 0 radical (unpaired) electrons. The summed E-state index contributed by atoms with van der Waals surface area (Å²) in [4.78, 5) is 32.6. The number of rotatable bonds is 5. The lowest BCUT2D eigenvalue weighted by atomic mass is 10.2. The number of urea groups is 1. The summed E-state index contributed by atoms with van der Waals surface area (Å²) < 4.78 is 0. The van der Waals surface area contributed by atoms with Crippen LogP contribution < -0.4 is 15.5 Å². The Morgan fingerprint density at radius 1 is 1.04 bits per heavy atom. The topological polar surface area (TPSA) is 77.6 Å². The summed E-state index contributed by atoms with van der Waals surface area (Å²) in [6.07, 6.45) is 3.36. The quantitative estimate of drug-likeness (QED) is 0.842. The van der Waals surface area contributed by atoms with Crippen LogP contribution in [0.3, 0.4) is 0 Å². The molecule has 0 aliphatic carbocycles. The molecule has 1 aliphatic heterocycles. The van der Waals surface area contributed by atoms with E-state index in [1.165, 1.54) is 5.69 Å². The van der Waals surface area contributed by atoms with Gasteiger partial charge in [0.05, 0.1) is 0 Å². The molecular weight excluding hydrogens is 342 g/mol. The maximum atomic E-state index is 12.4. The molecule has 1 fully saturated rings. The zero-order valence-electron chi connectivity index (χ0n) is 15.5. The summed E-state index contributed by atoms with van der Waals surface area (Å²) in [7, 11) is 0. The third kappa shape index (κ3) is 5.20. The van der Waals surface area contributed by atoms with Gasteiger partial charge in [0.25, 0.3) is 0 Å². The SMILES string of the molecule is C[C@@H](NC(=O)N1CCN(c2ccccc2)CC1)C(=O)NCc1ccncc1. The molecule has 2 heterocycles. The van der Waals surface area contributed by atoms with Crippen molar-refractivity contribution < 1.29 is 9.59 Å². The van der Waals surface area contributed by atoms with Gasteiger partial charge in [0, 0.05) is 50.8 Å². The van der Waals surface area contributed by atoms with Crippen LogP contribution in [0.5, 0.6) is 0 Å². The number of piperazine rings is 1. The molecule has 1 atom stereocenters. The van der Waals surface area contributed by atoms with Crippen molar-refractivity contribution in [2.24, 2.45) is 0 Å². The van der Waals surface area contributed by atoms with Crippen molar-refractivity contribution >= 4 is 17.6 Å². The monoisotopic (exact) mass is 367 g/mol. The van der Waals surface area contributed by atoms with Crippen LogP contribution in [-0.4, -0.2) is 54.0 Å². The van der Waals surface area contributed by atoms with Gasteiger partial charge in [-0.2, -0.15) is 0 Å². The summed E-state index contributed by atoms with van der Waals surface area (Å²) in [6, 6.07) is 13.1. The predicted octanol–water partition coefficient (Wildman–Crippen LogP) is 1.62. The molecule has 1 aliphatic rings. The smallest absolute Gasteiger partial charge is 0.318 e. The minimum atomic E-state index is -0.591. The number of benzene rings is 1. The van der Waals surface area contributed by atoms with E-state index >= 15 is 0 Å². The Morgan fingerprint density at radius 2 is 1.70 bits per heavy atom. The standard InChI is InChI=1S/C20H25N5O2/c1-16(19(26)22-15-17-7-9-21-10-8-17)23-20(27)25-13-11-24(12-14-25)18-5-3-2-4-6-18/h2-10,16H,11-15H2,1H3,(H,22,26)(H,23,27)/t16-/m1/s1. The number of carbonyl (C=O) groups excluding carboxylic acids is 2. The molecule has 142 valence electrons. The van der Waals surface area contributed by atoms with E-state index in [4.69, 9.17) is 0 Å². The Morgan fingerprint density at radius 3 is 2.37 bits per heavy atom. The second-order valence-corrected chi connectivity index (χ2v) is 6.55. The number of amides is 3. The molecule has 2 N–H and O–H groups in total. The van der Waals surface area contributed by atoms with Crippen LogP contribution in [-0.2, 0) is 11.3 Å². The molecule has 7 heteroatoms. The molecule has 1 saturated heterocycles. The summed E-state index contributed by atoms with van der Waals surface area (Å²) in [5.74, 6) is -0.205. The highest BCUT2D eigenvalue weighted by Crippen LogP contribution is 2.15. The first-order chi connectivity index (χ1) is 13.1. The highest BCUT2D eigenvalue weighted by molar-refractivity contribution is 5.86. The Labute approximate surface area is 159 Å². The van der Waals surface area contributed by atoms with Gasteiger partial charge in [-0.1, -0.05) is 18.2 Å². The van der Waals surface area contributed by atoms with Crippen molar-refractivity contribution in [3.63, 3.8) is 0 Å². The van der Waals surface area contributed by atoms with Gasteiger partial charge >= 0.3 is 6.03 Å². The fourth-order valence-electron chi connectivity index (χ4n) is 2.99. The maximum Gasteiger partial charge on any atom is 0.318 e. The van der Waals surface area contributed by atoms with E-state index in [0.717, 1.165) is 18.7 Å². The fraction of sp³-hybridized carbons (Fsp3) is 0.350. The Bertz CT molecular complexity index is 745. The molecule has 0 saturated carbocycles. The van der Waals surface area contributed by atoms with Gasteiger partial charge < -0.3 is 20.4 Å². The van der Waals surface area contributed by atoms with Crippen LogP contribution >= 0.6 is 0 Å². The van der Waals surface area contributed by atoms with Gasteiger partial charge in [0.15, 0.2) is 0 Å². The first kappa shape index (κ1) is 18.7. The first-order valence-electron chi connectivity index (χ1n) is 9.15. The lowest BCUT2D eigenvalue weighted by molar-refractivity contribution is -0.122. The van der Waals surface area contributed by atoms with Gasteiger partial charge in [-0.25, -0.2) is 4.79 Å². The Kier molecular flexibility index (Phi) is 6.25. The predicted molar refractivity (Wildman–Crippen MR) is 104 cm³/mol. The van der Waals surface area contributed by atoms with Crippen LogP contribution in [0, 0.1) is 0 Å². The summed E-state index contributed by atoms with van der Waals surface area (Å²) in [5, 5.41) is 5.61. The molecule has 0 spiro atoms. The van der Waals surface area contributed by atoms with Gasteiger partial charge in [0.2, 0.25) is 5.91 Å². The number of hydrogen-bond donors (Lipinski definition) is 2. The van der Waals surface area contributed by atoms with E-state index in [1.807, 2.05) is 30.3 Å². The van der Waals surface area contributed by atoms with Crippen molar-refractivity contribution in [1.29, 1.82) is 0 Å². The normalized spacial score (nSPS) is 15.1. The molecule has 0 unspecified atom stereocenters. The van der Waals surface area contributed by atoms with Crippen LogP contribution in [0.1, 0.15) is 12.5 Å². The van der Waals surface area contributed by atoms with Gasteiger partial charge in [-0.3, -0.25) is 9.78 Å². The Hall–Kier alpha value is -3.09. The second-order valence-electron chi connectivity index (χ2n) is 6.55. The zero-order valence-corrected chi connectivity index (χ0v) is 15.5. The van der Waals surface area contributed by atoms with Crippen LogP contribution in [0.2, 0.25) is 0 Å². The minimum Gasteiger partial charge on any atom is -0.368 e. The van der Waals surface area contributed by atoms with E-state index < -0.39 is 6.04 Å². The van der Waals surface area contributed by atoms with E-state index in [2.05, 4.69) is 32.7 Å². The van der Waals surface area contributed by atoms with Crippen LogP contribution in [0.25, 0.3) is 0 Å². The molecule has 2 aromatic rings. The third-order valence-electron chi connectivity index (χ3n) is 4.64. The highest BCUT2D eigenvalue weighted by Gasteiger charge is 2.24. The molecular formula is C20H25N5O2. The summed E-state index contributed by atoms with van der Waals surface area (Å²) in [6.45, 7) is 4.93. The molecule has 1 aromatic heterocycles. The second kappa shape index (κ2) is 9.02.